The highest BCUT2D eigenvalue weighted by molar-refractivity contribution is 7.99. The minimum absolute atomic E-state index is 0.0543. The zero-order chi connectivity index (χ0) is 15.5. The number of aromatic nitrogens is 2. The lowest BCUT2D eigenvalue weighted by molar-refractivity contribution is 0.568. The first-order valence-electron chi connectivity index (χ1n) is 7.03. The van der Waals surface area contributed by atoms with Gasteiger partial charge in [-0.1, -0.05) is 39.8 Å². The number of nitrogens with zero attached hydrogens (tertiary/aromatic N) is 2. The number of benzene rings is 1. The molecule has 0 saturated heterocycles. The van der Waals surface area contributed by atoms with Crippen LogP contribution < -0.4 is 11.3 Å². The largest absolute Gasteiger partial charge is 0.308 e. The summed E-state index contributed by atoms with van der Waals surface area (Å²) in [6.45, 7) is 8.52. The van der Waals surface area contributed by atoms with E-state index in [1.54, 1.807) is 0 Å². The fourth-order valence-corrected chi connectivity index (χ4v) is 2.56. The van der Waals surface area contributed by atoms with Gasteiger partial charge in [0.05, 0.1) is 5.69 Å². The second kappa shape index (κ2) is 6.45. The van der Waals surface area contributed by atoms with E-state index in [-0.39, 0.29) is 5.41 Å². The maximum Gasteiger partial charge on any atom is 0.161 e. The van der Waals surface area contributed by atoms with E-state index in [0.717, 1.165) is 17.0 Å². The smallest absolute Gasteiger partial charge is 0.161 e. The summed E-state index contributed by atoms with van der Waals surface area (Å²) in [6, 6.07) is 10.2. The highest BCUT2D eigenvalue weighted by Gasteiger charge is 2.18. The third-order valence-corrected chi connectivity index (χ3v) is 3.96. The van der Waals surface area contributed by atoms with E-state index in [1.165, 1.54) is 4.90 Å². The number of thioether (sulfide) groups is 1. The maximum atomic E-state index is 5.53. The molecule has 0 atom stereocenters. The van der Waals surface area contributed by atoms with Gasteiger partial charge in [0.15, 0.2) is 5.82 Å². The van der Waals surface area contributed by atoms with Crippen molar-refractivity contribution in [3.8, 4) is 11.4 Å². The number of nitrogens with two attached hydrogens (primary N) is 1. The Bertz CT molecular complexity index is 603. The summed E-state index contributed by atoms with van der Waals surface area (Å²) < 4.78 is 0. The zero-order valence-electron chi connectivity index (χ0n) is 13.0. The molecule has 0 amide bonds. The first-order valence-corrected chi connectivity index (χ1v) is 8.02. The summed E-state index contributed by atoms with van der Waals surface area (Å²) >= 11 is 1.82. The molecule has 112 valence electrons. The lowest BCUT2D eigenvalue weighted by Crippen LogP contribution is -2.17. The Hall–Kier alpha value is -1.59. The quantitative estimate of drug-likeness (QED) is 0.510. The fourth-order valence-electron chi connectivity index (χ4n) is 1.90. The Balaban J connectivity index is 2.42. The topological polar surface area (TPSA) is 63.8 Å². The summed E-state index contributed by atoms with van der Waals surface area (Å²) in [6.07, 6.45) is 0. The molecule has 0 bridgehead atoms. The second-order valence-electron chi connectivity index (χ2n) is 5.81. The highest BCUT2D eigenvalue weighted by atomic mass is 32.2. The Morgan fingerprint density at radius 1 is 1.14 bits per heavy atom. The Kier molecular flexibility index (Phi) is 4.85. The van der Waals surface area contributed by atoms with E-state index in [0.29, 0.717) is 11.6 Å². The van der Waals surface area contributed by atoms with Crippen LogP contribution in [0.15, 0.2) is 35.2 Å². The summed E-state index contributed by atoms with van der Waals surface area (Å²) in [7, 11) is 0. The molecule has 0 saturated carbocycles. The van der Waals surface area contributed by atoms with Crippen LogP contribution in [0.2, 0.25) is 0 Å². The van der Waals surface area contributed by atoms with Gasteiger partial charge in [0.2, 0.25) is 0 Å². The minimum Gasteiger partial charge on any atom is -0.308 e. The number of nitrogen functional groups attached to an aromatic ring is 1. The summed E-state index contributed by atoms with van der Waals surface area (Å²) in [4.78, 5) is 10.4. The van der Waals surface area contributed by atoms with Gasteiger partial charge in [-0.05, 0) is 17.9 Å². The van der Waals surface area contributed by atoms with Gasteiger partial charge in [0, 0.05) is 21.9 Å². The van der Waals surface area contributed by atoms with Crippen molar-refractivity contribution >= 4 is 17.6 Å². The van der Waals surface area contributed by atoms with E-state index in [2.05, 4.69) is 67.4 Å². The van der Waals surface area contributed by atoms with E-state index >= 15 is 0 Å². The minimum atomic E-state index is -0.0543. The van der Waals surface area contributed by atoms with Crippen LogP contribution in [0.5, 0.6) is 0 Å². The van der Waals surface area contributed by atoms with Crippen LogP contribution in [0, 0.1) is 0 Å². The van der Waals surface area contributed by atoms with Crippen LogP contribution in [0.4, 0.5) is 5.82 Å². The summed E-state index contributed by atoms with van der Waals surface area (Å²) in [5.74, 6) is 7.93. The van der Waals surface area contributed by atoms with Crippen LogP contribution in [0.25, 0.3) is 11.4 Å². The standard InChI is InChI=1S/C16H22N4S/c1-5-21-12-8-6-11(7-9-12)15-18-13(16(2,3)4)10-14(19-15)20-17/h6-10H,5,17H2,1-4H3,(H,18,19,20). The highest BCUT2D eigenvalue weighted by Crippen LogP contribution is 2.27. The molecule has 1 aromatic heterocycles. The number of hydrogen-bond acceptors (Lipinski definition) is 5. The molecule has 2 aromatic rings. The molecular formula is C16H22N4S. The summed E-state index contributed by atoms with van der Waals surface area (Å²) in [5, 5.41) is 0. The molecular weight excluding hydrogens is 280 g/mol. The van der Waals surface area contributed by atoms with Gasteiger partial charge in [-0.3, -0.25) is 0 Å². The van der Waals surface area contributed by atoms with Crippen LogP contribution in [0.1, 0.15) is 33.4 Å². The van der Waals surface area contributed by atoms with E-state index in [1.807, 2.05) is 17.8 Å². The van der Waals surface area contributed by atoms with Gasteiger partial charge in [-0.2, -0.15) is 0 Å². The van der Waals surface area contributed by atoms with Gasteiger partial charge < -0.3 is 5.43 Å². The molecule has 0 spiro atoms. The van der Waals surface area contributed by atoms with E-state index in [4.69, 9.17) is 5.84 Å². The molecule has 1 heterocycles. The monoisotopic (exact) mass is 302 g/mol. The normalized spacial score (nSPS) is 11.5. The number of hydrazine groups is 1. The van der Waals surface area contributed by atoms with E-state index < -0.39 is 0 Å². The molecule has 0 fully saturated rings. The lowest BCUT2D eigenvalue weighted by Gasteiger charge is -2.19. The predicted octanol–water partition coefficient (Wildman–Crippen LogP) is 3.84. The molecule has 21 heavy (non-hydrogen) atoms. The average molecular weight is 302 g/mol. The summed E-state index contributed by atoms with van der Waals surface area (Å²) in [5.41, 5.74) is 4.54. The SMILES string of the molecule is CCSc1ccc(-c2nc(NN)cc(C(C)(C)C)n2)cc1. The van der Waals surface area contributed by atoms with Crippen molar-refractivity contribution in [1.29, 1.82) is 0 Å². The molecule has 1 aromatic carbocycles. The van der Waals surface area contributed by atoms with Crippen molar-refractivity contribution in [3.05, 3.63) is 36.0 Å². The molecule has 4 nitrogen and oxygen atoms in total. The van der Waals surface area contributed by atoms with Gasteiger partial charge >= 0.3 is 0 Å². The Morgan fingerprint density at radius 3 is 2.33 bits per heavy atom. The molecule has 0 aliphatic carbocycles. The van der Waals surface area contributed by atoms with Crippen LogP contribution in [-0.2, 0) is 5.41 Å². The van der Waals surface area contributed by atoms with Crippen molar-refractivity contribution in [2.24, 2.45) is 5.84 Å². The van der Waals surface area contributed by atoms with Crippen LogP contribution in [0.3, 0.4) is 0 Å². The lowest BCUT2D eigenvalue weighted by atomic mass is 9.92. The number of nitrogens with one attached hydrogen (secondary N) is 1. The van der Waals surface area contributed by atoms with Gasteiger partial charge in [0.25, 0.3) is 0 Å². The zero-order valence-corrected chi connectivity index (χ0v) is 13.8. The van der Waals surface area contributed by atoms with Gasteiger partial charge in [0.1, 0.15) is 5.82 Å². The average Bonchev–Trinajstić information content (AvgIpc) is 2.47. The molecule has 5 heteroatoms. The molecule has 0 radical (unpaired) electrons. The van der Waals surface area contributed by atoms with Crippen molar-refractivity contribution in [2.75, 3.05) is 11.2 Å². The third-order valence-electron chi connectivity index (χ3n) is 3.07. The van der Waals surface area contributed by atoms with Gasteiger partial charge in [-0.15, -0.1) is 11.8 Å². The van der Waals surface area contributed by atoms with Crippen LogP contribution in [-0.4, -0.2) is 15.7 Å². The molecule has 2 rings (SSSR count). The predicted molar refractivity (Wildman–Crippen MR) is 90.4 cm³/mol. The van der Waals surface area contributed by atoms with Crippen molar-refractivity contribution < 1.29 is 0 Å². The van der Waals surface area contributed by atoms with Crippen molar-refractivity contribution in [1.82, 2.24) is 9.97 Å². The third kappa shape index (κ3) is 3.95. The number of rotatable bonds is 4. The Labute approximate surface area is 130 Å². The number of anilines is 1. The van der Waals surface area contributed by atoms with E-state index in [9.17, 15) is 0 Å². The first-order chi connectivity index (χ1) is 9.94. The maximum absolute atomic E-state index is 5.53. The van der Waals surface area contributed by atoms with Gasteiger partial charge in [-0.25, -0.2) is 15.8 Å². The molecule has 0 aliphatic rings. The first kappa shape index (κ1) is 15.8. The Morgan fingerprint density at radius 2 is 1.81 bits per heavy atom. The fraction of sp³-hybridized carbons (Fsp3) is 0.375. The van der Waals surface area contributed by atoms with Crippen LogP contribution >= 0.6 is 11.8 Å². The number of hydrogen-bond donors (Lipinski definition) is 2. The molecule has 3 N–H and O–H groups in total. The van der Waals surface area contributed by atoms with Crippen molar-refractivity contribution in [2.45, 2.75) is 38.0 Å². The molecule has 0 aliphatic heterocycles. The second-order valence-corrected chi connectivity index (χ2v) is 7.15. The molecule has 0 unspecified atom stereocenters. The van der Waals surface area contributed by atoms with Crippen molar-refractivity contribution in [3.63, 3.8) is 0 Å².